The van der Waals surface area contributed by atoms with Gasteiger partial charge < -0.3 is 10.0 Å². The molecular weight excluding hydrogens is 278 g/mol. The summed E-state index contributed by atoms with van der Waals surface area (Å²) < 4.78 is 0. The van der Waals surface area contributed by atoms with Crippen LogP contribution < -0.4 is 4.90 Å². The normalized spacial score (nSPS) is 22.0. The zero-order valence-corrected chi connectivity index (χ0v) is 12.9. The van der Waals surface area contributed by atoms with Crippen LogP contribution in [0.2, 0.25) is 0 Å². The number of hydrogen-bond donors (Lipinski definition) is 1. The number of nitrogens with zero attached hydrogens (tertiary/aromatic N) is 3. The van der Waals surface area contributed by atoms with Crippen LogP contribution in [0, 0.1) is 10.1 Å². The molecule has 1 aliphatic rings. The zero-order valence-electron chi connectivity index (χ0n) is 12.1. The molecule has 0 spiro atoms. The first-order valence-corrected chi connectivity index (χ1v) is 7.67. The third kappa shape index (κ3) is 2.94. The van der Waals surface area contributed by atoms with Gasteiger partial charge in [-0.25, -0.2) is 0 Å². The predicted molar refractivity (Wildman–Crippen MR) is 80.5 cm³/mol. The van der Waals surface area contributed by atoms with Crippen molar-refractivity contribution in [1.29, 1.82) is 0 Å². The monoisotopic (exact) mass is 299 g/mol. The smallest absolute Gasteiger partial charge is 0.304 e. The Balaban J connectivity index is 2.29. The Kier molecular flexibility index (Phi) is 4.62. The number of aliphatic hydroxyl groups excluding tert-OH is 1. The molecule has 20 heavy (non-hydrogen) atoms. The fourth-order valence-corrected chi connectivity index (χ4v) is 3.62. The van der Waals surface area contributed by atoms with Crippen molar-refractivity contribution in [3.63, 3.8) is 0 Å². The van der Waals surface area contributed by atoms with Crippen molar-refractivity contribution in [2.24, 2.45) is 0 Å². The number of hydrogen-bond acceptors (Lipinski definition) is 6. The average molecular weight is 299 g/mol. The van der Waals surface area contributed by atoms with Crippen molar-refractivity contribution >= 4 is 22.0 Å². The lowest BCUT2D eigenvalue weighted by molar-refractivity contribution is -0.383. The third-order valence-corrected chi connectivity index (χ3v) is 5.21. The van der Waals surface area contributed by atoms with Gasteiger partial charge in [0.25, 0.3) is 0 Å². The van der Waals surface area contributed by atoms with E-state index >= 15 is 0 Å². The van der Waals surface area contributed by atoms with Gasteiger partial charge in [0, 0.05) is 36.6 Å². The van der Waals surface area contributed by atoms with Gasteiger partial charge in [-0.3, -0.25) is 15.0 Å². The van der Waals surface area contributed by atoms with Crippen LogP contribution in [0.5, 0.6) is 0 Å². The molecule has 2 rings (SSSR count). The molecule has 1 fully saturated rings. The summed E-state index contributed by atoms with van der Waals surface area (Å²) in [4.78, 5) is 15.9. The first kappa shape index (κ1) is 15.2. The Hall–Kier alpha value is -1.18. The average Bonchev–Trinajstić information content (AvgIpc) is 2.84. The van der Waals surface area contributed by atoms with Gasteiger partial charge in [0.1, 0.15) is 0 Å². The van der Waals surface area contributed by atoms with Crippen LogP contribution in [0.1, 0.15) is 31.2 Å². The Morgan fingerprint density at radius 1 is 1.60 bits per heavy atom. The van der Waals surface area contributed by atoms with Crippen LogP contribution in [0.4, 0.5) is 10.7 Å². The molecule has 0 radical (unpaired) electrons. The van der Waals surface area contributed by atoms with Crippen molar-refractivity contribution in [3.8, 4) is 0 Å². The maximum Gasteiger partial charge on any atom is 0.304 e. The molecule has 0 saturated carbocycles. The zero-order chi connectivity index (χ0) is 14.9. The number of anilines is 1. The fraction of sp³-hybridized carbons (Fsp3) is 0.692. The lowest BCUT2D eigenvalue weighted by Crippen LogP contribution is -2.51. The molecule has 0 bridgehead atoms. The van der Waals surface area contributed by atoms with Crippen LogP contribution in [-0.4, -0.2) is 47.7 Å². The SMILES string of the molecule is CCC1CN(c2sc([C@@H](C)O)cc2[N+](=O)[O-])CCN1C. The van der Waals surface area contributed by atoms with Crippen molar-refractivity contribution in [2.75, 3.05) is 31.6 Å². The first-order chi connectivity index (χ1) is 9.43. The second-order valence-corrected chi connectivity index (χ2v) is 6.32. The van der Waals surface area contributed by atoms with E-state index in [-0.39, 0.29) is 10.6 Å². The summed E-state index contributed by atoms with van der Waals surface area (Å²) in [5, 5.41) is 21.5. The Morgan fingerprint density at radius 3 is 2.85 bits per heavy atom. The molecule has 1 aromatic heterocycles. The standard InChI is InChI=1S/C13H21N3O3S/c1-4-10-8-15(6-5-14(10)3)13-11(16(18)19)7-12(20-13)9(2)17/h7,9-10,17H,4-6,8H2,1-3H3/t9-,10?/m1/s1. The Morgan fingerprint density at radius 2 is 2.30 bits per heavy atom. The minimum absolute atomic E-state index is 0.116. The van der Waals surface area contributed by atoms with E-state index in [1.165, 1.54) is 17.4 Å². The lowest BCUT2D eigenvalue weighted by Gasteiger charge is -2.39. The van der Waals surface area contributed by atoms with E-state index in [0.29, 0.717) is 15.9 Å². The van der Waals surface area contributed by atoms with Crippen molar-refractivity contribution < 1.29 is 10.0 Å². The summed E-state index contributed by atoms with van der Waals surface area (Å²) in [7, 11) is 2.09. The molecule has 1 unspecified atom stereocenters. The van der Waals surface area contributed by atoms with Crippen molar-refractivity contribution in [3.05, 3.63) is 21.1 Å². The van der Waals surface area contributed by atoms with Gasteiger partial charge in [0.15, 0.2) is 5.00 Å². The second kappa shape index (κ2) is 6.07. The molecule has 2 atom stereocenters. The van der Waals surface area contributed by atoms with Gasteiger partial charge in [-0.15, -0.1) is 11.3 Å². The molecule has 0 amide bonds. The van der Waals surface area contributed by atoms with Crippen molar-refractivity contribution in [1.82, 2.24) is 4.90 Å². The molecule has 1 saturated heterocycles. The van der Waals surface area contributed by atoms with Crippen LogP contribution in [0.3, 0.4) is 0 Å². The molecule has 1 N–H and O–H groups in total. The van der Waals surface area contributed by atoms with Gasteiger partial charge in [0.2, 0.25) is 0 Å². The van der Waals surface area contributed by atoms with Crippen molar-refractivity contribution in [2.45, 2.75) is 32.4 Å². The van der Waals surface area contributed by atoms with Crippen LogP contribution in [-0.2, 0) is 0 Å². The van der Waals surface area contributed by atoms with Gasteiger partial charge >= 0.3 is 5.69 Å². The largest absolute Gasteiger partial charge is 0.388 e. The summed E-state index contributed by atoms with van der Waals surface area (Å²) in [6.07, 6.45) is 0.358. The third-order valence-electron chi connectivity index (χ3n) is 3.86. The van der Waals surface area contributed by atoms with Gasteiger partial charge in [-0.05, 0) is 20.4 Å². The molecular formula is C13H21N3O3S. The van der Waals surface area contributed by atoms with Crippen LogP contribution >= 0.6 is 11.3 Å². The number of nitro groups is 1. The summed E-state index contributed by atoms with van der Waals surface area (Å²) in [5.74, 6) is 0. The minimum Gasteiger partial charge on any atom is -0.388 e. The predicted octanol–water partition coefficient (Wildman–Crippen LogP) is 2.24. The second-order valence-electron chi connectivity index (χ2n) is 5.26. The molecule has 1 aliphatic heterocycles. The molecule has 0 aromatic carbocycles. The van der Waals surface area contributed by atoms with E-state index in [0.717, 1.165) is 26.1 Å². The summed E-state index contributed by atoms with van der Waals surface area (Å²) in [6.45, 7) is 6.26. The lowest BCUT2D eigenvalue weighted by atomic mass is 10.1. The molecule has 112 valence electrons. The Bertz CT molecular complexity index is 489. The van der Waals surface area contributed by atoms with E-state index in [4.69, 9.17) is 0 Å². The quantitative estimate of drug-likeness (QED) is 0.682. The molecule has 7 heteroatoms. The summed E-state index contributed by atoms with van der Waals surface area (Å²) in [5.41, 5.74) is 0.116. The van der Waals surface area contributed by atoms with E-state index in [2.05, 4.69) is 23.8 Å². The summed E-state index contributed by atoms with van der Waals surface area (Å²) >= 11 is 1.33. The molecule has 2 heterocycles. The van der Waals surface area contributed by atoms with Crippen LogP contribution in [0.25, 0.3) is 0 Å². The minimum atomic E-state index is -0.665. The highest BCUT2D eigenvalue weighted by molar-refractivity contribution is 7.16. The maximum atomic E-state index is 11.2. The number of likely N-dealkylation sites (N-methyl/N-ethyl adjacent to an activating group) is 1. The number of piperazine rings is 1. The highest BCUT2D eigenvalue weighted by Crippen LogP contribution is 2.40. The van der Waals surface area contributed by atoms with Crippen LogP contribution in [0.15, 0.2) is 6.07 Å². The molecule has 6 nitrogen and oxygen atoms in total. The van der Waals surface area contributed by atoms with E-state index in [9.17, 15) is 15.2 Å². The van der Waals surface area contributed by atoms with Gasteiger partial charge in [0.05, 0.1) is 11.0 Å². The Labute approximate surface area is 122 Å². The van der Waals surface area contributed by atoms with E-state index in [1.54, 1.807) is 6.92 Å². The summed E-state index contributed by atoms with van der Waals surface area (Å²) in [6, 6.07) is 1.92. The number of aliphatic hydroxyl groups is 1. The number of rotatable bonds is 4. The highest BCUT2D eigenvalue weighted by atomic mass is 32.1. The highest BCUT2D eigenvalue weighted by Gasteiger charge is 2.30. The first-order valence-electron chi connectivity index (χ1n) is 6.85. The van der Waals surface area contributed by atoms with E-state index in [1.807, 2.05) is 0 Å². The van der Waals surface area contributed by atoms with Gasteiger partial charge in [-0.2, -0.15) is 0 Å². The topological polar surface area (TPSA) is 69.8 Å². The molecule has 1 aromatic rings. The fourth-order valence-electron chi connectivity index (χ4n) is 2.52. The van der Waals surface area contributed by atoms with Gasteiger partial charge in [-0.1, -0.05) is 6.92 Å². The number of thiophene rings is 1. The maximum absolute atomic E-state index is 11.2. The molecule has 0 aliphatic carbocycles. The van der Waals surface area contributed by atoms with E-state index < -0.39 is 6.10 Å².